The number of rotatable bonds is 5. The van der Waals surface area contributed by atoms with Gasteiger partial charge in [-0.2, -0.15) is 0 Å². The SMILES string of the molecule is CCCC(C(=O)O)N1CCC[C@H](C(=O)OC)C1. The van der Waals surface area contributed by atoms with Crippen LogP contribution >= 0.6 is 0 Å². The second kappa shape index (κ2) is 6.59. The number of esters is 1. The van der Waals surface area contributed by atoms with Crippen LogP contribution in [-0.4, -0.2) is 48.2 Å². The van der Waals surface area contributed by atoms with Crippen molar-refractivity contribution >= 4 is 11.9 Å². The molecule has 1 rings (SSSR count). The van der Waals surface area contributed by atoms with Gasteiger partial charge in [-0.1, -0.05) is 13.3 Å². The number of carboxylic acids is 1. The van der Waals surface area contributed by atoms with Crippen LogP contribution in [0.4, 0.5) is 0 Å². The fourth-order valence-corrected chi connectivity index (χ4v) is 2.38. The van der Waals surface area contributed by atoms with Gasteiger partial charge in [0.05, 0.1) is 13.0 Å². The van der Waals surface area contributed by atoms with Crippen molar-refractivity contribution in [3.05, 3.63) is 0 Å². The zero-order chi connectivity index (χ0) is 12.8. The molecule has 0 amide bonds. The molecule has 2 atom stereocenters. The van der Waals surface area contributed by atoms with E-state index in [2.05, 4.69) is 0 Å². The Balaban J connectivity index is 2.63. The molecule has 1 fully saturated rings. The summed E-state index contributed by atoms with van der Waals surface area (Å²) >= 11 is 0. The van der Waals surface area contributed by atoms with Crippen molar-refractivity contribution in [2.75, 3.05) is 20.2 Å². The Morgan fingerprint density at radius 3 is 2.76 bits per heavy atom. The molecule has 0 aromatic heterocycles. The van der Waals surface area contributed by atoms with Gasteiger partial charge < -0.3 is 9.84 Å². The van der Waals surface area contributed by atoms with E-state index in [1.807, 2.05) is 11.8 Å². The minimum Gasteiger partial charge on any atom is -0.480 e. The molecule has 0 bridgehead atoms. The highest BCUT2D eigenvalue weighted by atomic mass is 16.5. The minimum absolute atomic E-state index is 0.174. The lowest BCUT2D eigenvalue weighted by Crippen LogP contribution is -2.48. The van der Waals surface area contributed by atoms with Crippen molar-refractivity contribution in [3.63, 3.8) is 0 Å². The molecule has 0 aliphatic carbocycles. The first-order valence-electron chi connectivity index (χ1n) is 6.14. The van der Waals surface area contributed by atoms with E-state index < -0.39 is 12.0 Å². The molecule has 1 aliphatic rings. The van der Waals surface area contributed by atoms with E-state index in [4.69, 9.17) is 4.74 Å². The Bertz CT molecular complexity index is 280. The molecule has 1 aliphatic heterocycles. The van der Waals surface area contributed by atoms with Crippen molar-refractivity contribution in [2.24, 2.45) is 5.92 Å². The standard InChI is InChI=1S/C12H21NO4/c1-3-5-10(11(14)15)13-7-4-6-9(8-13)12(16)17-2/h9-10H,3-8H2,1-2H3,(H,14,15)/t9-,10?/m0/s1. The third-order valence-corrected chi connectivity index (χ3v) is 3.28. The highest BCUT2D eigenvalue weighted by molar-refractivity contribution is 5.74. The van der Waals surface area contributed by atoms with Gasteiger partial charge in [-0.25, -0.2) is 0 Å². The molecule has 5 heteroatoms. The fourth-order valence-electron chi connectivity index (χ4n) is 2.38. The number of nitrogens with zero attached hydrogens (tertiary/aromatic N) is 1. The van der Waals surface area contributed by atoms with Crippen LogP contribution in [0.25, 0.3) is 0 Å². The van der Waals surface area contributed by atoms with Crippen LogP contribution in [0.5, 0.6) is 0 Å². The normalized spacial score (nSPS) is 23.1. The summed E-state index contributed by atoms with van der Waals surface area (Å²) in [5.41, 5.74) is 0. The van der Waals surface area contributed by atoms with E-state index in [9.17, 15) is 14.7 Å². The Labute approximate surface area is 102 Å². The van der Waals surface area contributed by atoms with Crippen LogP contribution in [-0.2, 0) is 14.3 Å². The summed E-state index contributed by atoms with van der Waals surface area (Å²) in [6.07, 6.45) is 3.11. The third kappa shape index (κ3) is 3.70. The molecule has 1 unspecified atom stereocenters. The fraction of sp³-hybridized carbons (Fsp3) is 0.833. The van der Waals surface area contributed by atoms with Crippen LogP contribution in [0, 0.1) is 5.92 Å². The number of carbonyl (C=O) groups excluding carboxylic acids is 1. The summed E-state index contributed by atoms with van der Waals surface area (Å²) in [7, 11) is 1.38. The molecule has 0 aromatic carbocycles. The van der Waals surface area contributed by atoms with Gasteiger partial charge in [-0.15, -0.1) is 0 Å². The molecule has 17 heavy (non-hydrogen) atoms. The predicted octanol–water partition coefficient (Wildman–Crippen LogP) is 1.12. The highest BCUT2D eigenvalue weighted by Crippen LogP contribution is 2.21. The first kappa shape index (κ1) is 14.0. The lowest BCUT2D eigenvalue weighted by molar-refractivity contribution is -0.151. The Hall–Kier alpha value is -1.10. The van der Waals surface area contributed by atoms with Gasteiger partial charge in [0.1, 0.15) is 6.04 Å². The number of hydrogen-bond acceptors (Lipinski definition) is 4. The average molecular weight is 243 g/mol. The van der Waals surface area contributed by atoms with Crippen LogP contribution in [0.15, 0.2) is 0 Å². The predicted molar refractivity (Wildman–Crippen MR) is 62.6 cm³/mol. The van der Waals surface area contributed by atoms with E-state index in [1.165, 1.54) is 7.11 Å². The van der Waals surface area contributed by atoms with Gasteiger partial charge in [-0.05, 0) is 25.8 Å². The molecule has 0 aromatic rings. The molecule has 0 saturated carbocycles. The van der Waals surface area contributed by atoms with Gasteiger partial charge in [0.2, 0.25) is 0 Å². The number of carboxylic acid groups (broad SMARTS) is 1. The zero-order valence-electron chi connectivity index (χ0n) is 10.5. The van der Waals surface area contributed by atoms with E-state index in [0.717, 1.165) is 25.8 Å². The second-order valence-electron chi connectivity index (χ2n) is 4.50. The van der Waals surface area contributed by atoms with Crippen molar-refractivity contribution < 1.29 is 19.4 Å². The molecule has 1 N–H and O–H groups in total. The minimum atomic E-state index is -0.794. The summed E-state index contributed by atoms with van der Waals surface area (Å²) in [5, 5.41) is 9.18. The molecule has 5 nitrogen and oxygen atoms in total. The molecular weight excluding hydrogens is 222 g/mol. The summed E-state index contributed by atoms with van der Waals surface area (Å²) in [5.74, 6) is -1.19. The smallest absolute Gasteiger partial charge is 0.320 e. The van der Waals surface area contributed by atoms with Gasteiger partial charge in [0.15, 0.2) is 0 Å². The van der Waals surface area contributed by atoms with E-state index in [1.54, 1.807) is 0 Å². The second-order valence-corrected chi connectivity index (χ2v) is 4.50. The number of methoxy groups -OCH3 is 1. The summed E-state index contributed by atoms with van der Waals surface area (Å²) in [4.78, 5) is 24.5. The van der Waals surface area contributed by atoms with Crippen molar-refractivity contribution in [1.82, 2.24) is 4.90 Å². The average Bonchev–Trinajstić information content (AvgIpc) is 2.34. The Morgan fingerprint density at radius 1 is 1.53 bits per heavy atom. The number of carbonyl (C=O) groups is 2. The van der Waals surface area contributed by atoms with E-state index >= 15 is 0 Å². The number of ether oxygens (including phenoxy) is 1. The quantitative estimate of drug-likeness (QED) is 0.733. The zero-order valence-corrected chi connectivity index (χ0v) is 10.5. The van der Waals surface area contributed by atoms with Crippen LogP contribution in [0.2, 0.25) is 0 Å². The number of piperidine rings is 1. The molecule has 98 valence electrons. The topological polar surface area (TPSA) is 66.8 Å². The van der Waals surface area contributed by atoms with Gasteiger partial charge in [-0.3, -0.25) is 14.5 Å². The Kier molecular flexibility index (Phi) is 5.41. The van der Waals surface area contributed by atoms with Gasteiger partial charge in [0.25, 0.3) is 0 Å². The number of likely N-dealkylation sites (tertiary alicyclic amines) is 1. The third-order valence-electron chi connectivity index (χ3n) is 3.28. The Morgan fingerprint density at radius 2 is 2.24 bits per heavy atom. The maximum Gasteiger partial charge on any atom is 0.320 e. The van der Waals surface area contributed by atoms with Crippen LogP contribution < -0.4 is 0 Å². The van der Waals surface area contributed by atoms with Gasteiger partial charge >= 0.3 is 11.9 Å². The lowest BCUT2D eigenvalue weighted by Gasteiger charge is -2.35. The lowest BCUT2D eigenvalue weighted by atomic mass is 9.96. The molecule has 0 spiro atoms. The van der Waals surface area contributed by atoms with E-state index in [0.29, 0.717) is 13.0 Å². The summed E-state index contributed by atoms with van der Waals surface area (Å²) < 4.78 is 4.73. The number of aliphatic carboxylic acids is 1. The maximum absolute atomic E-state index is 11.5. The highest BCUT2D eigenvalue weighted by Gasteiger charge is 2.32. The summed E-state index contributed by atoms with van der Waals surface area (Å²) in [6, 6.07) is -0.465. The van der Waals surface area contributed by atoms with Crippen LogP contribution in [0.3, 0.4) is 0 Å². The summed E-state index contributed by atoms with van der Waals surface area (Å²) in [6.45, 7) is 3.23. The molecule has 1 saturated heterocycles. The number of hydrogen-bond donors (Lipinski definition) is 1. The first-order chi connectivity index (χ1) is 8.10. The molecule has 0 radical (unpaired) electrons. The first-order valence-corrected chi connectivity index (χ1v) is 6.14. The largest absolute Gasteiger partial charge is 0.480 e. The van der Waals surface area contributed by atoms with Crippen molar-refractivity contribution in [3.8, 4) is 0 Å². The monoisotopic (exact) mass is 243 g/mol. The molecular formula is C12H21NO4. The van der Waals surface area contributed by atoms with Crippen molar-refractivity contribution in [2.45, 2.75) is 38.6 Å². The maximum atomic E-state index is 11.5. The van der Waals surface area contributed by atoms with Crippen LogP contribution in [0.1, 0.15) is 32.6 Å². The van der Waals surface area contributed by atoms with Crippen molar-refractivity contribution in [1.29, 1.82) is 0 Å². The van der Waals surface area contributed by atoms with E-state index in [-0.39, 0.29) is 11.9 Å². The van der Waals surface area contributed by atoms with Gasteiger partial charge in [0, 0.05) is 6.54 Å². The molecule has 1 heterocycles.